The Labute approximate surface area is 162 Å². The van der Waals surface area contributed by atoms with Crippen molar-refractivity contribution >= 4 is 73.7 Å². The molecule has 0 aromatic heterocycles. The van der Waals surface area contributed by atoms with Crippen molar-refractivity contribution in [3.05, 3.63) is 19.3 Å². The molecule has 0 radical (unpaired) electrons. The van der Waals surface area contributed by atoms with Gasteiger partial charge in [-0.15, -0.1) is 0 Å². The van der Waals surface area contributed by atoms with Gasteiger partial charge in [-0.3, -0.25) is 4.79 Å². The van der Waals surface area contributed by atoms with Crippen molar-refractivity contribution in [1.29, 1.82) is 0 Å². The van der Waals surface area contributed by atoms with Gasteiger partial charge in [0.25, 0.3) is 0 Å². The number of hydrogen-bond acceptors (Lipinski definition) is 1. The van der Waals surface area contributed by atoms with Crippen LogP contribution in [-0.2, 0) is 4.79 Å². The van der Waals surface area contributed by atoms with Gasteiger partial charge in [-0.25, -0.2) is 0 Å². The van der Waals surface area contributed by atoms with Gasteiger partial charge in [-0.05, 0) is 63.6 Å². The zero-order chi connectivity index (χ0) is 15.3. The molecule has 0 fully saturated rings. The highest BCUT2D eigenvalue weighted by Crippen LogP contribution is 2.51. The van der Waals surface area contributed by atoms with Crippen LogP contribution in [0.15, 0.2) is 19.3 Å². The van der Waals surface area contributed by atoms with E-state index in [2.05, 4.69) is 87.7 Å². The number of allylic oxidation sites excluding steroid dienone is 3. The molecule has 0 saturated heterocycles. The average Bonchev–Trinajstić information content (AvgIpc) is 2.38. The summed E-state index contributed by atoms with van der Waals surface area (Å²) in [7, 11) is 0. The Morgan fingerprint density at radius 1 is 1.40 bits per heavy atom. The van der Waals surface area contributed by atoms with E-state index >= 15 is 0 Å². The lowest BCUT2D eigenvalue weighted by Crippen LogP contribution is -2.43. The van der Waals surface area contributed by atoms with Crippen molar-refractivity contribution in [2.45, 2.75) is 49.4 Å². The Balaban J connectivity index is 2.86. The quantitative estimate of drug-likeness (QED) is 0.214. The summed E-state index contributed by atoms with van der Waals surface area (Å²) >= 11 is 6.93. The molecule has 1 N–H and O–H groups in total. The smallest absolute Gasteiger partial charge is 0.312 e. The van der Waals surface area contributed by atoms with Crippen molar-refractivity contribution in [2.24, 2.45) is 11.8 Å². The Morgan fingerprint density at radius 2 is 2.05 bits per heavy atom. The number of halogens is 3. The SMILES string of the molecule is CCCCCCC(C)C1(I)C(I)=CC(I)=CC1C(=O)O. The number of alkyl halides is 1. The van der Waals surface area contributed by atoms with Gasteiger partial charge in [0.2, 0.25) is 0 Å². The Bertz CT molecular complexity index is 417. The molecule has 0 bridgehead atoms. The van der Waals surface area contributed by atoms with Crippen LogP contribution in [0.25, 0.3) is 0 Å². The molecule has 2 nitrogen and oxygen atoms in total. The first kappa shape index (κ1) is 19.2. The first-order valence-corrected chi connectivity index (χ1v) is 10.2. The van der Waals surface area contributed by atoms with Crippen LogP contribution in [0.4, 0.5) is 0 Å². The highest BCUT2D eigenvalue weighted by molar-refractivity contribution is 14.1. The van der Waals surface area contributed by atoms with Crippen LogP contribution in [0, 0.1) is 11.8 Å². The van der Waals surface area contributed by atoms with Crippen LogP contribution in [0.2, 0.25) is 0 Å². The first-order valence-electron chi connectivity index (χ1n) is 7.00. The lowest BCUT2D eigenvalue weighted by atomic mass is 9.77. The van der Waals surface area contributed by atoms with E-state index in [0.29, 0.717) is 5.92 Å². The fourth-order valence-electron chi connectivity index (χ4n) is 2.59. The number of carboxylic acid groups (broad SMARTS) is 1. The summed E-state index contributed by atoms with van der Waals surface area (Å²) in [6.07, 6.45) is 10.1. The highest BCUT2D eigenvalue weighted by atomic mass is 127. The fourth-order valence-corrected chi connectivity index (χ4v) is 5.97. The maximum absolute atomic E-state index is 11.7. The second-order valence-electron chi connectivity index (χ2n) is 5.38. The Hall–Kier alpha value is 1.14. The molecule has 3 unspecified atom stereocenters. The molecule has 0 aromatic carbocycles. The number of aliphatic carboxylic acids is 1. The van der Waals surface area contributed by atoms with Gasteiger partial charge < -0.3 is 5.11 Å². The second-order valence-corrected chi connectivity index (χ2v) is 9.57. The largest absolute Gasteiger partial charge is 0.481 e. The van der Waals surface area contributed by atoms with E-state index in [-0.39, 0.29) is 3.42 Å². The number of hydrogen-bond donors (Lipinski definition) is 1. The van der Waals surface area contributed by atoms with Gasteiger partial charge in [0, 0.05) is 7.16 Å². The molecule has 0 aliphatic heterocycles. The van der Waals surface area contributed by atoms with E-state index in [1.807, 2.05) is 6.08 Å². The Morgan fingerprint density at radius 3 is 2.60 bits per heavy atom. The number of unbranched alkanes of at least 4 members (excludes halogenated alkanes) is 3. The minimum absolute atomic E-state index is 0.301. The standard InChI is InChI=1S/C15H21I3O2/c1-3-4-5-6-7-10(2)15(18)12(14(19)20)8-11(16)9-13(15)17/h8-10,12H,3-7H2,1-2H3,(H,19,20). The molecule has 114 valence electrons. The monoisotopic (exact) mass is 614 g/mol. The third kappa shape index (κ3) is 4.57. The number of carboxylic acids is 1. The molecule has 0 heterocycles. The average molecular weight is 614 g/mol. The maximum Gasteiger partial charge on any atom is 0.312 e. The van der Waals surface area contributed by atoms with E-state index in [4.69, 9.17) is 0 Å². The summed E-state index contributed by atoms with van der Waals surface area (Å²) in [5.41, 5.74) is 0. The van der Waals surface area contributed by atoms with Gasteiger partial charge >= 0.3 is 5.97 Å². The molecule has 5 heteroatoms. The molecular formula is C15H21I3O2. The molecule has 1 rings (SSSR count). The van der Waals surface area contributed by atoms with Gasteiger partial charge in [0.05, 0.1) is 9.34 Å². The van der Waals surface area contributed by atoms with E-state index < -0.39 is 11.9 Å². The molecule has 0 aromatic rings. The predicted octanol–water partition coefficient (Wildman–Crippen LogP) is 6.12. The van der Waals surface area contributed by atoms with Crippen LogP contribution in [-0.4, -0.2) is 14.5 Å². The molecule has 0 spiro atoms. The van der Waals surface area contributed by atoms with Crippen molar-refractivity contribution in [1.82, 2.24) is 0 Å². The molecule has 1 aliphatic carbocycles. The number of rotatable bonds is 7. The highest BCUT2D eigenvalue weighted by Gasteiger charge is 2.47. The summed E-state index contributed by atoms with van der Waals surface area (Å²) in [5.74, 6) is -0.769. The van der Waals surface area contributed by atoms with Crippen LogP contribution in [0.1, 0.15) is 46.0 Å². The van der Waals surface area contributed by atoms with Crippen molar-refractivity contribution in [2.75, 3.05) is 0 Å². The minimum Gasteiger partial charge on any atom is -0.481 e. The summed E-state index contributed by atoms with van der Waals surface area (Å²) in [5, 5.41) is 9.58. The van der Waals surface area contributed by atoms with Gasteiger partial charge in [0.1, 0.15) is 0 Å². The van der Waals surface area contributed by atoms with Gasteiger partial charge in [0.15, 0.2) is 0 Å². The summed E-state index contributed by atoms with van der Waals surface area (Å²) in [4.78, 5) is 11.7. The van der Waals surface area contributed by atoms with E-state index in [1.54, 1.807) is 0 Å². The number of carbonyl (C=O) groups is 1. The predicted molar refractivity (Wildman–Crippen MR) is 110 cm³/mol. The van der Waals surface area contributed by atoms with E-state index in [9.17, 15) is 9.90 Å². The Kier molecular flexibility index (Phi) is 8.34. The van der Waals surface area contributed by atoms with Crippen molar-refractivity contribution < 1.29 is 9.90 Å². The van der Waals surface area contributed by atoms with E-state index in [1.165, 1.54) is 25.7 Å². The van der Waals surface area contributed by atoms with Gasteiger partial charge in [-0.2, -0.15) is 0 Å². The van der Waals surface area contributed by atoms with Crippen LogP contribution < -0.4 is 0 Å². The van der Waals surface area contributed by atoms with Crippen LogP contribution >= 0.6 is 67.8 Å². The fraction of sp³-hybridized carbons (Fsp3) is 0.667. The molecular weight excluding hydrogens is 593 g/mol. The third-order valence-corrected chi connectivity index (χ3v) is 9.11. The maximum atomic E-state index is 11.7. The lowest BCUT2D eigenvalue weighted by molar-refractivity contribution is -0.140. The zero-order valence-corrected chi connectivity index (χ0v) is 18.3. The molecule has 3 atom stereocenters. The molecule has 20 heavy (non-hydrogen) atoms. The van der Waals surface area contributed by atoms with E-state index in [0.717, 1.165) is 13.6 Å². The molecule has 1 aliphatic rings. The van der Waals surface area contributed by atoms with Crippen molar-refractivity contribution in [3.63, 3.8) is 0 Å². The van der Waals surface area contributed by atoms with Crippen LogP contribution in [0.3, 0.4) is 0 Å². The minimum atomic E-state index is -0.712. The van der Waals surface area contributed by atoms with Crippen LogP contribution in [0.5, 0.6) is 0 Å². The van der Waals surface area contributed by atoms with Crippen molar-refractivity contribution in [3.8, 4) is 0 Å². The molecule has 0 amide bonds. The first-order chi connectivity index (χ1) is 9.33. The molecule has 0 saturated carbocycles. The lowest BCUT2D eigenvalue weighted by Gasteiger charge is -2.40. The summed E-state index contributed by atoms with van der Waals surface area (Å²) in [6, 6.07) is 0. The van der Waals surface area contributed by atoms with Gasteiger partial charge in [-0.1, -0.05) is 68.2 Å². The topological polar surface area (TPSA) is 37.3 Å². The third-order valence-electron chi connectivity index (χ3n) is 3.88. The summed E-state index contributed by atoms with van der Waals surface area (Å²) < 4.78 is 1.90. The normalized spacial score (nSPS) is 27.8. The second kappa shape index (κ2) is 8.69. The summed E-state index contributed by atoms with van der Waals surface area (Å²) in [6.45, 7) is 4.41. The zero-order valence-electron chi connectivity index (χ0n) is 11.8.